The molecule has 0 aromatic heterocycles. The van der Waals surface area contributed by atoms with Crippen LogP contribution in [0.1, 0.15) is 5.56 Å². The summed E-state index contributed by atoms with van der Waals surface area (Å²) < 4.78 is 10.4. The van der Waals surface area contributed by atoms with E-state index in [0.717, 1.165) is 0 Å². The second kappa shape index (κ2) is 8.43. The minimum absolute atomic E-state index is 0.0803. The Morgan fingerprint density at radius 1 is 1.08 bits per heavy atom. The molecule has 1 N–H and O–H groups in total. The van der Waals surface area contributed by atoms with E-state index in [4.69, 9.17) is 32.7 Å². The molecule has 0 atom stereocenters. The van der Waals surface area contributed by atoms with Crippen molar-refractivity contribution in [3.63, 3.8) is 0 Å². The average molecular weight is 377 g/mol. The highest BCUT2D eigenvalue weighted by Crippen LogP contribution is 2.28. The normalized spacial score (nSPS) is 10.8. The predicted octanol–water partition coefficient (Wildman–Crippen LogP) is 4.56. The quantitative estimate of drug-likeness (QED) is 0.613. The molecule has 0 heterocycles. The third-order valence-electron chi connectivity index (χ3n) is 3.20. The fourth-order valence-electron chi connectivity index (χ4n) is 2.08. The second-order valence-corrected chi connectivity index (χ2v) is 5.77. The first-order valence-corrected chi connectivity index (χ1v) is 7.83. The fourth-order valence-corrected chi connectivity index (χ4v) is 2.61. The van der Waals surface area contributed by atoms with Gasteiger partial charge in [-0.25, -0.2) is 0 Å². The molecular weight excluding hydrogens is 363 g/mol. The van der Waals surface area contributed by atoms with E-state index in [0.29, 0.717) is 32.8 Å². The third kappa shape index (κ3) is 4.90. The van der Waals surface area contributed by atoms with E-state index in [1.807, 2.05) is 6.07 Å². The minimum atomic E-state index is -0.574. The topological polar surface area (TPSA) is 71.3 Å². The zero-order valence-corrected chi connectivity index (χ0v) is 15.0. The van der Waals surface area contributed by atoms with Crippen LogP contribution in [0.4, 0.5) is 5.69 Å². The summed E-state index contributed by atoms with van der Waals surface area (Å²) >= 11 is 11.8. The molecule has 2 rings (SSSR count). The lowest BCUT2D eigenvalue weighted by Gasteiger charge is -2.08. The van der Waals surface area contributed by atoms with Crippen LogP contribution in [0.15, 0.2) is 42.0 Å². The van der Waals surface area contributed by atoms with Gasteiger partial charge in [0.2, 0.25) is 0 Å². The van der Waals surface area contributed by atoms with E-state index in [2.05, 4.69) is 5.32 Å². The zero-order chi connectivity index (χ0) is 18.4. The Labute approximate surface area is 155 Å². The monoisotopic (exact) mass is 376 g/mol. The first-order valence-electron chi connectivity index (χ1n) is 7.08. The summed E-state index contributed by atoms with van der Waals surface area (Å²) in [7, 11) is 3.03. The van der Waals surface area contributed by atoms with Gasteiger partial charge in [-0.3, -0.25) is 4.79 Å². The maximum Gasteiger partial charge on any atom is 0.266 e. The van der Waals surface area contributed by atoms with Crippen LogP contribution >= 0.6 is 23.2 Å². The van der Waals surface area contributed by atoms with Crippen LogP contribution in [-0.2, 0) is 4.79 Å². The van der Waals surface area contributed by atoms with Gasteiger partial charge in [0.15, 0.2) is 11.5 Å². The van der Waals surface area contributed by atoms with Crippen LogP contribution in [0.25, 0.3) is 6.08 Å². The predicted molar refractivity (Wildman–Crippen MR) is 98.2 cm³/mol. The van der Waals surface area contributed by atoms with Gasteiger partial charge in [0.1, 0.15) is 11.6 Å². The number of rotatable bonds is 5. The number of benzene rings is 2. The number of nitriles is 1. The van der Waals surface area contributed by atoms with Crippen LogP contribution in [0.5, 0.6) is 11.5 Å². The number of ether oxygens (including phenoxy) is 2. The van der Waals surface area contributed by atoms with Gasteiger partial charge in [0, 0.05) is 15.7 Å². The van der Waals surface area contributed by atoms with E-state index < -0.39 is 5.91 Å². The summed E-state index contributed by atoms with van der Waals surface area (Å²) in [5, 5.41) is 12.6. The molecule has 1 amide bonds. The fraction of sp³-hybridized carbons (Fsp3) is 0.111. The first kappa shape index (κ1) is 18.7. The summed E-state index contributed by atoms with van der Waals surface area (Å²) in [5.41, 5.74) is 0.938. The lowest BCUT2D eigenvalue weighted by molar-refractivity contribution is -0.112. The number of hydrogen-bond donors (Lipinski definition) is 1. The number of anilines is 1. The number of nitrogens with one attached hydrogen (secondary N) is 1. The van der Waals surface area contributed by atoms with Crippen molar-refractivity contribution in [1.29, 1.82) is 5.26 Å². The number of methoxy groups -OCH3 is 2. The largest absolute Gasteiger partial charge is 0.493 e. The van der Waals surface area contributed by atoms with Crippen LogP contribution in [0.2, 0.25) is 10.0 Å². The number of carbonyl (C=O) groups excluding carboxylic acids is 1. The van der Waals surface area contributed by atoms with Crippen molar-refractivity contribution < 1.29 is 14.3 Å². The molecule has 0 unspecified atom stereocenters. The van der Waals surface area contributed by atoms with Crippen LogP contribution < -0.4 is 14.8 Å². The van der Waals surface area contributed by atoms with Gasteiger partial charge >= 0.3 is 0 Å². The zero-order valence-electron chi connectivity index (χ0n) is 13.5. The smallest absolute Gasteiger partial charge is 0.266 e. The van der Waals surface area contributed by atoms with E-state index in [1.165, 1.54) is 32.4 Å². The Kier molecular flexibility index (Phi) is 6.29. The molecule has 0 saturated carbocycles. The van der Waals surface area contributed by atoms with Gasteiger partial charge in [-0.1, -0.05) is 29.3 Å². The molecule has 0 aliphatic heterocycles. The lowest BCUT2D eigenvalue weighted by Crippen LogP contribution is -2.13. The van der Waals surface area contributed by atoms with E-state index in [9.17, 15) is 10.1 Å². The summed E-state index contributed by atoms with van der Waals surface area (Å²) in [5.74, 6) is 0.474. The summed E-state index contributed by atoms with van der Waals surface area (Å²) in [6, 6.07) is 11.6. The van der Waals surface area contributed by atoms with E-state index >= 15 is 0 Å². The Morgan fingerprint density at radius 2 is 1.72 bits per heavy atom. The average Bonchev–Trinajstić information content (AvgIpc) is 2.58. The van der Waals surface area contributed by atoms with Crippen LogP contribution in [0, 0.1) is 11.3 Å². The number of carbonyl (C=O) groups is 1. The van der Waals surface area contributed by atoms with Gasteiger partial charge in [0.25, 0.3) is 5.91 Å². The second-order valence-electron chi connectivity index (χ2n) is 4.90. The molecule has 0 aliphatic rings. The minimum Gasteiger partial charge on any atom is -0.493 e. The highest BCUT2D eigenvalue weighted by molar-refractivity contribution is 6.35. The molecule has 0 radical (unpaired) electrons. The molecule has 0 bridgehead atoms. The Hall–Kier alpha value is -2.68. The van der Waals surface area contributed by atoms with Crippen molar-refractivity contribution in [2.75, 3.05) is 19.5 Å². The van der Waals surface area contributed by atoms with Gasteiger partial charge in [-0.2, -0.15) is 5.26 Å². The Balaban J connectivity index is 2.27. The highest BCUT2D eigenvalue weighted by atomic mass is 35.5. The van der Waals surface area contributed by atoms with Crippen molar-refractivity contribution >= 4 is 40.9 Å². The lowest BCUT2D eigenvalue weighted by atomic mass is 10.1. The molecule has 0 fully saturated rings. The molecule has 0 saturated heterocycles. The molecular formula is C18H14Cl2N2O3. The molecule has 0 spiro atoms. The van der Waals surface area contributed by atoms with Gasteiger partial charge in [-0.15, -0.1) is 0 Å². The molecule has 2 aromatic rings. The van der Waals surface area contributed by atoms with Crippen molar-refractivity contribution in [2.45, 2.75) is 0 Å². The van der Waals surface area contributed by atoms with Gasteiger partial charge in [-0.05, 0) is 42.0 Å². The van der Waals surface area contributed by atoms with Crippen LogP contribution in [-0.4, -0.2) is 20.1 Å². The number of halogens is 2. The van der Waals surface area contributed by atoms with Gasteiger partial charge < -0.3 is 14.8 Å². The van der Waals surface area contributed by atoms with Crippen molar-refractivity contribution in [2.24, 2.45) is 0 Å². The van der Waals surface area contributed by atoms with E-state index in [-0.39, 0.29) is 5.57 Å². The standard InChI is InChI=1S/C18H14Cl2N2O3/c1-24-16-4-3-11(6-17(16)25-2)5-12(10-21)18(23)22-15-8-13(19)7-14(20)9-15/h3-9H,1-2H3,(H,22,23)/b12-5+. The molecule has 128 valence electrons. The molecule has 25 heavy (non-hydrogen) atoms. The van der Waals surface area contributed by atoms with E-state index in [1.54, 1.807) is 24.3 Å². The SMILES string of the molecule is COc1ccc(/C=C(\C#N)C(=O)Nc2cc(Cl)cc(Cl)c2)cc1OC. The molecule has 2 aromatic carbocycles. The number of hydrogen-bond acceptors (Lipinski definition) is 4. The molecule has 0 aliphatic carbocycles. The maximum atomic E-state index is 12.3. The van der Waals surface area contributed by atoms with Gasteiger partial charge in [0.05, 0.1) is 14.2 Å². The maximum absolute atomic E-state index is 12.3. The molecule has 5 nitrogen and oxygen atoms in total. The van der Waals surface area contributed by atoms with Crippen molar-refractivity contribution in [1.82, 2.24) is 0 Å². The Bertz CT molecular complexity index is 853. The Morgan fingerprint density at radius 3 is 2.28 bits per heavy atom. The summed E-state index contributed by atoms with van der Waals surface area (Å²) in [4.78, 5) is 12.3. The van der Waals surface area contributed by atoms with Crippen molar-refractivity contribution in [3.8, 4) is 17.6 Å². The summed E-state index contributed by atoms with van der Waals surface area (Å²) in [6.07, 6.45) is 1.45. The molecule has 7 heteroatoms. The number of nitrogens with zero attached hydrogens (tertiary/aromatic N) is 1. The van der Waals surface area contributed by atoms with Crippen LogP contribution in [0.3, 0.4) is 0 Å². The third-order valence-corrected chi connectivity index (χ3v) is 3.64. The highest BCUT2D eigenvalue weighted by Gasteiger charge is 2.11. The number of amides is 1. The first-order chi connectivity index (χ1) is 12.0. The summed E-state index contributed by atoms with van der Waals surface area (Å²) in [6.45, 7) is 0. The van der Waals surface area contributed by atoms with Crippen molar-refractivity contribution in [3.05, 3.63) is 57.6 Å².